The number of hydrogen-bond donors (Lipinski definition) is 1. The first-order valence-electron chi connectivity index (χ1n) is 10.8. The lowest BCUT2D eigenvalue weighted by Gasteiger charge is -2.37. The Bertz CT molecular complexity index is 881. The summed E-state index contributed by atoms with van der Waals surface area (Å²) in [5.41, 5.74) is 3.69. The largest absolute Gasteiger partial charge is 0.368 e. The molecule has 1 N–H and O–H groups in total. The number of carbonyl (C=O) groups excluding carboxylic acids is 1. The lowest BCUT2D eigenvalue weighted by Crippen LogP contribution is -2.52. The number of hydrogen-bond acceptors (Lipinski definition) is 3. The van der Waals surface area contributed by atoms with Crippen LogP contribution < -0.4 is 10.2 Å². The zero-order chi connectivity index (χ0) is 20.8. The highest BCUT2D eigenvalue weighted by Crippen LogP contribution is 2.17. The van der Waals surface area contributed by atoms with Crippen LogP contribution in [0.2, 0.25) is 0 Å². The summed E-state index contributed by atoms with van der Waals surface area (Å²) in [6.45, 7) is 6.20. The van der Waals surface area contributed by atoms with Crippen molar-refractivity contribution >= 4 is 41.5 Å². The highest BCUT2D eigenvalue weighted by molar-refractivity contribution is 14.0. The maximum Gasteiger partial charge on any atom is 0.222 e. The van der Waals surface area contributed by atoms with Gasteiger partial charge in [0.05, 0.1) is 0 Å². The number of benzene rings is 2. The molecule has 0 atom stereocenters. The molecule has 4 rings (SSSR count). The molecule has 31 heavy (non-hydrogen) atoms. The number of nitrogens with zero attached hydrogens (tertiary/aromatic N) is 4. The fourth-order valence-electron chi connectivity index (χ4n) is 4.26. The lowest BCUT2D eigenvalue weighted by molar-refractivity contribution is -0.128. The first-order valence-corrected chi connectivity index (χ1v) is 10.8. The van der Waals surface area contributed by atoms with Crippen LogP contribution in [0.25, 0.3) is 0 Å². The molecule has 1 amide bonds. The van der Waals surface area contributed by atoms with E-state index < -0.39 is 0 Å². The fourth-order valence-corrected chi connectivity index (χ4v) is 4.26. The maximum atomic E-state index is 11.9. The fraction of sp³-hybridized carbons (Fsp3) is 0.417. The van der Waals surface area contributed by atoms with E-state index in [1.165, 1.54) is 16.8 Å². The number of halogens is 1. The monoisotopic (exact) mass is 533 g/mol. The van der Waals surface area contributed by atoms with Crippen LogP contribution in [0.1, 0.15) is 24.0 Å². The Morgan fingerprint density at radius 3 is 2.39 bits per heavy atom. The number of guanidine groups is 1. The number of nitrogens with one attached hydrogen (secondary N) is 1. The Hall–Kier alpha value is -2.29. The number of likely N-dealkylation sites (tertiary alicyclic amines) is 1. The van der Waals surface area contributed by atoms with E-state index in [9.17, 15) is 4.79 Å². The summed E-state index contributed by atoms with van der Waals surface area (Å²) in [6.07, 6.45) is 1.67. The van der Waals surface area contributed by atoms with Crippen LogP contribution in [0.5, 0.6) is 0 Å². The summed E-state index contributed by atoms with van der Waals surface area (Å²) in [6, 6.07) is 19.1. The van der Waals surface area contributed by atoms with Gasteiger partial charge in [-0.05, 0) is 29.7 Å². The van der Waals surface area contributed by atoms with E-state index in [0.29, 0.717) is 13.0 Å². The molecule has 0 aromatic heterocycles. The van der Waals surface area contributed by atoms with Crippen molar-refractivity contribution in [2.45, 2.75) is 25.9 Å². The minimum atomic E-state index is 0. The molecule has 2 aromatic carbocycles. The van der Waals surface area contributed by atoms with Gasteiger partial charge in [-0.2, -0.15) is 0 Å². The first-order chi connectivity index (χ1) is 14.7. The van der Waals surface area contributed by atoms with E-state index in [1.807, 2.05) is 11.9 Å². The number of amides is 1. The minimum absolute atomic E-state index is 0. The van der Waals surface area contributed by atoms with Crippen molar-refractivity contribution in [1.29, 1.82) is 0 Å². The molecule has 2 aromatic rings. The van der Waals surface area contributed by atoms with E-state index in [1.54, 1.807) is 0 Å². The highest BCUT2D eigenvalue weighted by atomic mass is 127. The van der Waals surface area contributed by atoms with E-state index in [-0.39, 0.29) is 29.9 Å². The highest BCUT2D eigenvalue weighted by Gasteiger charge is 2.21. The molecule has 0 radical (unpaired) electrons. The van der Waals surface area contributed by atoms with Gasteiger partial charge in [0.1, 0.15) is 0 Å². The van der Waals surface area contributed by atoms with Gasteiger partial charge in [-0.25, -0.2) is 0 Å². The summed E-state index contributed by atoms with van der Waals surface area (Å²) in [5, 5.41) is 3.52. The second-order valence-corrected chi connectivity index (χ2v) is 7.95. The average Bonchev–Trinajstić information content (AvgIpc) is 3.20. The predicted octanol–water partition coefficient (Wildman–Crippen LogP) is 3.32. The molecule has 0 aliphatic carbocycles. The second kappa shape index (κ2) is 11.4. The van der Waals surface area contributed by atoms with Crippen molar-refractivity contribution in [3.63, 3.8) is 0 Å². The number of piperazine rings is 1. The van der Waals surface area contributed by atoms with Crippen LogP contribution >= 0.6 is 24.0 Å². The lowest BCUT2D eigenvalue weighted by atomic mass is 10.1. The zero-order valence-electron chi connectivity index (χ0n) is 18.2. The molecule has 2 fully saturated rings. The Labute approximate surface area is 202 Å². The van der Waals surface area contributed by atoms with Gasteiger partial charge >= 0.3 is 0 Å². The van der Waals surface area contributed by atoms with Gasteiger partial charge in [0.2, 0.25) is 5.91 Å². The molecule has 166 valence electrons. The van der Waals surface area contributed by atoms with E-state index in [2.05, 4.69) is 74.7 Å². The SMILES string of the molecule is CN=C(NCc1cccc(CN2CCCC2=O)c1)N1CCN(c2ccccc2)CC1.I. The normalized spacial score (nSPS) is 17.0. The zero-order valence-corrected chi connectivity index (χ0v) is 20.5. The molecule has 2 aliphatic heterocycles. The van der Waals surface area contributed by atoms with E-state index >= 15 is 0 Å². The third-order valence-electron chi connectivity index (χ3n) is 5.90. The number of anilines is 1. The van der Waals surface area contributed by atoms with Crippen molar-refractivity contribution in [3.05, 3.63) is 65.7 Å². The van der Waals surface area contributed by atoms with Crippen LogP contribution in [0.3, 0.4) is 0 Å². The number of aliphatic imine (C=N–C) groups is 1. The molecule has 6 nitrogen and oxygen atoms in total. The van der Waals surface area contributed by atoms with Crippen LogP contribution in [0.15, 0.2) is 59.6 Å². The summed E-state index contributed by atoms with van der Waals surface area (Å²) >= 11 is 0. The summed E-state index contributed by atoms with van der Waals surface area (Å²) < 4.78 is 0. The predicted molar refractivity (Wildman–Crippen MR) is 137 cm³/mol. The Morgan fingerprint density at radius 2 is 1.71 bits per heavy atom. The van der Waals surface area contributed by atoms with Gasteiger partial charge in [0.25, 0.3) is 0 Å². The number of para-hydroxylation sites is 1. The third kappa shape index (κ3) is 6.12. The Kier molecular flexibility index (Phi) is 8.57. The molecule has 2 saturated heterocycles. The van der Waals surface area contributed by atoms with Crippen LogP contribution in [0, 0.1) is 0 Å². The maximum absolute atomic E-state index is 11.9. The van der Waals surface area contributed by atoms with Crippen molar-refractivity contribution < 1.29 is 4.79 Å². The van der Waals surface area contributed by atoms with Crippen LogP contribution in [-0.2, 0) is 17.9 Å². The first kappa shape index (κ1) is 23.4. The van der Waals surface area contributed by atoms with Crippen molar-refractivity contribution in [1.82, 2.24) is 15.1 Å². The molecule has 2 heterocycles. The molecular weight excluding hydrogens is 501 g/mol. The quantitative estimate of drug-likeness (QED) is 0.364. The van der Waals surface area contributed by atoms with Gasteiger partial charge < -0.3 is 20.0 Å². The van der Waals surface area contributed by atoms with Gasteiger partial charge in [-0.3, -0.25) is 9.79 Å². The number of carbonyl (C=O) groups is 1. The number of rotatable bonds is 5. The second-order valence-electron chi connectivity index (χ2n) is 7.95. The standard InChI is InChI=1S/C24H31N5O.HI/c1-25-24(28-15-13-27(14-16-28)22-9-3-2-4-10-22)26-18-20-7-5-8-21(17-20)19-29-12-6-11-23(29)30;/h2-5,7-10,17H,6,11-16,18-19H2,1H3,(H,25,26);1H. The van der Waals surface area contributed by atoms with Crippen molar-refractivity contribution in [3.8, 4) is 0 Å². The summed E-state index contributed by atoms with van der Waals surface area (Å²) in [7, 11) is 1.85. The van der Waals surface area contributed by atoms with Gasteiger partial charge in [0, 0.05) is 65.0 Å². The van der Waals surface area contributed by atoms with Gasteiger partial charge in [-0.15, -0.1) is 24.0 Å². The topological polar surface area (TPSA) is 51.2 Å². The third-order valence-corrected chi connectivity index (χ3v) is 5.90. The molecule has 0 bridgehead atoms. The average molecular weight is 533 g/mol. The molecule has 0 saturated carbocycles. The van der Waals surface area contributed by atoms with Crippen molar-refractivity contribution in [2.24, 2.45) is 4.99 Å². The smallest absolute Gasteiger partial charge is 0.222 e. The molecule has 0 spiro atoms. The molecule has 0 unspecified atom stereocenters. The van der Waals surface area contributed by atoms with E-state index in [4.69, 9.17) is 0 Å². The Balaban J connectivity index is 0.00000272. The minimum Gasteiger partial charge on any atom is -0.368 e. The van der Waals surface area contributed by atoms with E-state index in [0.717, 1.165) is 51.6 Å². The van der Waals surface area contributed by atoms with Crippen molar-refractivity contribution in [2.75, 3.05) is 44.7 Å². The molecule has 2 aliphatic rings. The van der Waals surface area contributed by atoms with Crippen LogP contribution in [-0.4, -0.2) is 61.4 Å². The Morgan fingerprint density at radius 1 is 0.968 bits per heavy atom. The van der Waals surface area contributed by atoms with Gasteiger partial charge in [0.15, 0.2) is 5.96 Å². The summed E-state index contributed by atoms with van der Waals surface area (Å²) in [4.78, 5) is 23.1. The molecule has 7 heteroatoms. The van der Waals surface area contributed by atoms with Gasteiger partial charge in [-0.1, -0.05) is 42.5 Å². The molecular formula is C24H32IN5O. The van der Waals surface area contributed by atoms with Crippen LogP contribution in [0.4, 0.5) is 5.69 Å². The summed E-state index contributed by atoms with van der Waals surface area (Å²) in [5.74, 6) is 1.22.